The second-order valence-corrected chi connectivity index (χ2v) is 6.67. The van der Waals surface area contributed by atoms with Gasteiger partial charge in [0.15, 0.2) is 0 Å². The highest BCUT2D eigenvalue weighted by Crippen LogP contribution is 2.31. The Morgan fingerprint density at radius 2 is 1.84 bits per heavy atom. The van der Waals surface area contributed by atoms with Crippen LogP contribution in [0.5, 0.6) is 0 Å². The van der Waals surface area contributed by atoms with Gasteiger partial charge >= 0.3 is 5.97 Å². The van der Waals surface area contributed by atoms with Crippen LogP contribution in [-0.4, -0.2) is 15.6 Å². The summed E-state index contributed by atoms with van der Waals surface area (Å²) in [5, 5.41) is 10.2. The van der Waals surface area contributed by atoms with Crippen molar-refractivity contribution >= 4 is 32.8 Å². The van der Waals surface area contributed by atoms with Crippen LogP contribution in [0.4, 0.5) is 0 Å². The molecular weight excluding hydrogens is 382 g/mol. The van der Waals surface area contributed by atoms with E-state index in [0.29, 0.717) is 12.3 Å². The SMILES string of the molecule is O=C(O)c1ccc(Cn2c(-c3ccccc3)cc3cc(Br)ccc32)o1. The molecule has 2 aromatic carbocycles. The highest BCUT2D eigenvalue weighted by molar-refractivity contribution is 9.10. The van der Waals surface area contributed by atoms with Crippen molar-refractivity contribution in [2.45, 2.75) is 6.54 Å². The van der Waals surface area contributed by atoms with Crippen LogP contribution in [0.3, 0.4) is 0 Å². The highest BCUT2D eigenvalue weighted by Gasteiger charge is 2.14. The largest absolute Gasteiger partial charge is 0.475 e. The van der Waals surface area contributed by atoms with E-state index in [9.17, 15) is 4.79 Å². The van der Waals surface area contributed by atoms with Gasteiger partial charge < -0.3 is 14.1 Å². The average Bonchev–Trinajstić information content (AvgIpc) is 3.21. The Morgan fingerprint density at radius 1 is 1.04 bits per heavy atom. The quantitative estimate of drug-likeness (QED) is 0.502. The fourth-order valence-electron chi connectivity index (χ4n) is 2.99. The van der Waals surface area contributed by atoms with E-state index in [-0.39, 0.29) is 5.76 Å². The number of aromatic nitrogens is 1. The number of nitrogens with zero attached hydrogens (tertiary/aromatic N) is 1. The topological polar surface area (TPSA) is 55.4 Å². The molecule has 0 saturated heterocycles. The molecule has 1 N–H and O–H groups in total. The molecule has 4 nitrogen and oxygen atoms in total. The molecule has 2 heterocycles. The van der Waals surface area contributed by atoms with Crippen molar-refractivity contribution in [3.63, 3.8) is 0 Å². The smallest absolute Gasteiger partial charge is 0.371 e. The molecule has 2 aromatic heterocycles. The summed E-state index contributed by atoms with van der Waals surface area (Å²) in [4.78, 5) is 11.0. The van der Waals surface area contributed by atoms with Gasteiger partial charge in [0.2, 0.25) is 5.76 Å². The summed E-state index contributed by atoms with van der Waals surface area (Å²) >= 11 is 3.52. The molecule has 0 atom stereocenters. The number of benzene rings is 2. The number of carbonyl (C=O) groups is 1. The minimum absolute atomic E-state index is 0.0459. The molecule has 25 heavy (non-hydrogen) atoms. The van der Waals surface area contributed by atoms with E-state index in [1.807, 2.05) is 30.3 Å². The number of carboxylic acids is 1. The Balaban J connectivity index is 1.86. The maximum atomic E-state index is 11.0. The van der Waals surface area contributed by atoms with Crippen LogP contribution in [0, 0.1) is 0 Å². The number of hydrogen-bond donors (Lipinski definition) is 1. The van der Waals surface area contributed by atoms with Crippen LogP contribution in [-0.2, 0) is 6.54 Å². The number of hydrogen-bond acceptors (Lipinski definition) is 2. The van der Waals surface area contributed by atoms with Crippen molar-refractivity contribution in [1.82, 2.24) is 4.57 Å². The highest BCUT2D eigenvalue weighted by atomic mass is 79.9. The van der Waals surface area contributed by atoms with E-state index in [0.717, 1.165) is 26.6 Å². The zero-order valence-corrected chi connectivity index (χ0v) is 14.7. The van der Waals surface area contributed by atoms with Gasteiger partial charge in [-0.25, -0.2) is 4.79 Å². The Labute approximate surface area is 152 Å². The first kappa shape index (κ1) is 15.7. The van der Waals surface area contributed by atoms with Crippen molar-refractivity contribution in [3.05, 3.63) is 82.7 Å². The predicted octanol–water partition coefficient (Wildman–Crippen LogP) is 5.41. The first-order valence-electron chi connectivity index (χ1n) is 7.78. The second-order valence-electron chi connectivity index (χ2n) is 5.76. The number of carboxylic acid groups (broad SMARTS) is 1. The van der Waals surface area contributed by atoms with Gasteiger partial charge in [-0.05, 0) is 42.0 Å². The van der Waals surface area contributed by atoms with Crippen LogP contribution >= 0.6 is 15.9 Å². The Hall–Kier alpha value is -2.79. The lowest BCUT2D eigenvalue weighted by atomic mass is 10.1. The third kappa shape index (κ3) is 2.98. The molecule has 5 heteroatoms. The third-order valence-corrected chi connectivity index (χ3v) is 4.61. The number of rotatable bonds is 4. The Bertz CT molecular complexity index is 1060. The number of halogens is 1. The average molecular weight is 396 g/mol. The van der Waals surface area contributed by atoms with Gasteiger partial charge in [0.25, 0.3) is 0 Å². The molecule has 0 bridgehead atoms. The van der Waals surface area contributed by atoms with E-state index in [2.05, 4.69) is 44.8 Å². The molecular formula is C20H14BrNO3. The molecule has 0 fully saturated rings. The summed E-state index contributed by atoms with van der Waals surface area (Å²) in [5.41, 5.74) is 3.22. The zero-order chi connectivity index (χ0) is 17.4. The molecule has 4 rings (SSSR count). The lowest BCUT2D eigenvalue weighted by Crippen LogP contribution is -2.01. The summed E-state index contributed by atoms with van der Waals surface area (Å²) in [6.45, 7) is 0.461. The van der Waals surface area contributed by atoms with Gasteiger partial charge in [-0.15, -0.1) is 0 Å². The van der Waals surface area contributed by atoms with Crippen molar-refractivity contribution < 1.29 is 14.3 Å². The molecule has 0 spiro atoms. The van der Waals surface area contributed by atoms with Gasteiger partial charge in [-0.3, -0.25) is 0 Å². The zero-order valence-electron chi connectivity index (χ0n) is 13.1. The van der Waals surface area contributed by atoms with Crippen LogP contribution in [0.1, 0.15) is 16.3 Å². The Morgan fingerprint density at radius 3 is 2.56 bits per heavy atom. The van der Waals surface area contributed by atoms with E-state index < -0.39 is 5.97 Å². The van der Waals surface area contributed by atoms with Crippen LogP contribution in [0.25, 0.3) is 22.2 Å². The number of aromatic carboxylic acids is 1. The summed E-state index contributed by atoms with van der Waals surface area (Å²) in [7, 11) is 0. The summed E-state index contributed by atoms with van der Waals surface area (Å²) < 4.78 is 8.61. The lowest BCUT2D eigenvalue weighted by Gasteiger charge is -2.09. The van der Waals surface area contributed by atoms with Crippen LogP contribution in [0.15, 0.2) is 75.6 Å². The van der Waals surface area contributed by atoms with Gasteiger partial charge in [-0.2, -0.15) is 0 Å². The summed E-state index contributed by atoms with van der Waals surface area (Å²) in [6, 6.07) is 21.6. The summed E-state index contributed by atoms with van der Waals surface area (Å²) in [5.74, 6) is -0.499. The van der Waals surface area contributed by atoms with Crippen molar-refractivity contribution in [1.29, 1.82) is 0 Å². The maximum Gasteiger partial charge on any atom is 0.371 e. The molecule has 0 aliphatic carbocycles. The van der Waals surface area contributed by atoms with Gasteiger partial charge in [-0.1, -0.05) is 46.3 Å². The fourth-order valence-corrected chi connectivity index (χ4v) is 3.37. The molecule has 0 saturated carbocycles. The first-order chi connectivity index (χ1) is 12.1. The van der Waals surface area contributed by atoms with Crippen LogP contribution in [0.2, 0.25) is 0 Å². The van der Waals surface area contributed by atoms with Gasteiger partial charge in [0.05, 0.1) is 6.54 Å². The number of furan rings is 1. The van der Waals surface area contributed by atoms with Crippen molar-refractivity contribution in [2.24, 2.45) is 0 Å². The van der Waals surface area contributed by atoms with Crippen molar-refractivity contribution in [3.8, 4) is 11.3 Å². The standard InChI is InChI=1S/C20H14BrNO3/c21-15-6-8-17-14(10-15)11-18(13-4-2-1-3-5-13)22(17)12-16-7-9-19(25-16)20(23)24/h1-11H,12H2,(H,23,24). The van der Waals surface area contributed by atoms with E-state index >= 15 is 0 Å². The van der Waals surface area contributed by atoms with E-state index in [4.69, 9.17) is 9.52 Å². The fraction of sp³-hybridized carbons (Fsp3) is 0.0500. The lowest BCUT2D eigenvalue weighted by molar-refractivity contribution is 0.0660. The minimum atomic E-state index is -1.06. The minimum Gasteiger partial charge on any atom is -0.475 e. The molecule has 0 unspecified atom stereocenters. The monoisotopic (exact) mass is 395 g/mol. The third-order valence-electron chi connectivity index (χ3n) is 4.12. The van der Waals surface area contributed by atoms with Crippen molar-refractivity contribution in [2.75, 3.05) is 0 Å². The molecule has 124 valence electrons. The van der Waals surface area contributed by atoms with Gasteiger partial charge in [0.1, 0.15) is 5.76 Å². The van der Waals surface area contributed by atoms with E-state index in [1.54, 1.807) is 6.07 Å². The maximum absolute atomic E-state index is 11.0. The molecule has 0 aliphatic rings. The molecule has 0 radical (unpaired) electrons. The second kappa shape index (κ2) is 6.26. The van der Waals surface area contributed by atoms with Gasteiger partial charge in [0, 0.05) is 21.1 Å². The van der Waals surface area contributed by atoms with Crippen LogP contribution < -0.4 is 0 Å². The van der Waals surface area contributed by atoms with E-state index in [1.165, 1.54) is 6.07 Å². The predicted molar refractivity (Wildman–Crippen MR) is 99.8 cm³/mol. The normalized spacial score (nSPS) is 11.1. The summed E-state index contributed by atoms with van der Waals surface area (Å²) in [6.07, 6.45) is 0. The first-order valence-corrected chi connectivity index (χ1v) is 8.57. The molecule has 4 aromatic rings. The Kier molecular flexibility index (Phi) is 3.93. The number of fused-ring (bicyclic) bond motifs is 1. The molecule has 0 amide bonds. The molecule has 0 aliphatic heterocycles.